The van der Waals surface area contributed by atoms with Crippen LogP contribution in [0.5, 0.6) is 0 Å². The fourth-order valence-corrected chi connectivity index (χ4v) is 3.56. The number of thiazole rings is 1. The van der Waals surface area contributed by atoms with E-state index in [2.05, 4.69) is 10.3 Å². The molecule has 3 rings (SSSR count). The Morgan fingerprint density at radius 1 is 1.41 bits per heavy atom. The molecular weight excluding hydrogens is 314 g/mol. The minimum Gasteiger partial charge on any atom is -0.351 e. The van der Waals surface area contributed by atoms with Gasteiger partial charge in [-0.05, 0) is 12.8 Å². The van der Waals surface area contributed by atoms with E-state index < -0.39 is 18.1 Å². The van der Waals surface area contributed by atoms with E-state index in [1.165, 1.54) is 6.20 Å². The van der Waals surface area contributed by atoms with Crippen LogP contribution in [-0.2, 0) is 9.47 Å². The highest BCUT2D eigenvalue weighted by atomic mass is 32.1. The minimum atomic E-state index is -2.68. The largest absolute Gasteiger partial charge is 0.351 e. The summed E-state index contributed by atoms with van der Waals surface area (Å²) in [6.07, 6.45) is 2.61. The molecule has 1 aromatic rings. The second-order valence-electron chi connectivity index (χ2n) is 5.55. The van der Waals surface area contributed by atoms with Gasteiger partial charge in [-0.25, -0.2) is 13.8 Å². The normalized spacial score (nSPS) is 25.3. The quantitative estimate of drug-likeness (QED) is 0.921. The van der Waals surface area contributed by atoms with E-state index >= 15 is 0 Å². The van der Waals surface area contributed by atoms with Crippen LogP contribution in [0.1, 0.15) is 46.7 Å². The molecule has 1 aromatic heterocycles. The zero-order valence-electron chi connectivity index (χ0n) is 12.0. The third kappa shape index (κ3) is 3.44. The van der Waals surface area contributed by atoms with Gasteiger partial charge in [0.15, 0.2) is 0 Å². The average molecular weight is 332 g/mol. The Balaban J connectivity index is 1.55. The molecule has 22 heavy (non-hydrogen) atoms. The van der Waals surface area contributed by atoms with Crippen molar-refractivity contribution in [2.45, 2.75) is 37.9 Å². The zero-order chi connectivity index (χ0) is 15.6. The molecule has 1 aliphatic carbocycles. The van der Waals surface area contributed by atoms with Gasteiger partial charge in [0, 0.05) is 18.9 Å². The summed E-state index contributed by atoms with van der Waals surface area (Å²) < 4.78 is 38.1. The van der Waals surface area contributed by atoms with Crippen LogP contribution >= 0.6 is 11.3 Å². The van der Waals surface area contributed by atoms with Gasteiger partial charge in [-0.15, -0.1) is 11.3 Å². The molecule has 2 heterocycles. The first kappa shape index (κ1) is 15.8. The number of carbonyl (C=O) groups is 1. The first-order valence-corrected chi connectivity index (χ1v) is 8.23. The molecular formula is C14H18F2N2O3S. The Bertz CT molecular complexity index is 532. The number of halogens is 2. The highest BCUT2D eigenvalue weighted by molar-refractivity contribution is 7.13. The topological polar surface area (TPSA) is 60.5 Å². The molecule has 122 valence electrons. The maximum Gasteiger partial charge on any atom is 0.263 e. The summed E-state index contributed by atoms with van der Waals surface area (Å²) in [6.45, 7) is 1.00. The molecule has 2 aliphatic rings. The van der Waals surface area contributed by atoms with Gasteiger partial charge < -0.3 is 14.8 Å². The molecule has 1 saturated heterocycles. The lowest BCUT2D eigenvalue weighted by atomic mass is 9.85. The van der Waals surface area contributed by atoms with Crippen LogP contribution in [0.3, 0.4) is 0 Å². The van der Waals surface area contributed by atoms with E-state index in [-0.39, 0.29) is 18.9 Å². The summed E-state index contributed by atoms with van der Waals surface area (Å²) in [4.78, 5) is 16.5. The Morgan fingerprint density at radius 2 is 2.18 bits per heavy atom. The van der Waals surface area contributed by atoms with Crippen molar-refractivity contribution in [2.24, 2.45) is 5.92 Å². The fourth-order valence-electron chi connectivity index (χ4n) is 2.72. The number of hydrogen-bond donors (Lipinski definition) is 1. The second kappa shape index (κ2) is 6.55. The van der Waals surface area contributed by atoms with Crippen molar-refractivity contribution < 1.29 is 23.0 Å². The van der Waals surface area contributed by atoms with E-state index in [0.717, 1.165) is 17.8 Å². The summed E-state index contributed by atoms with van der Waals surface area (Å²) in [5.74, 6) is -3.84. The fraction of sp³-hybridized carbons (Fsp3) is 0.714. The highest BCUT2D eigenvalue weighted by Crippen LogP contribution is 2.38. The predicted octanol–water partition coefficient (Wildman–Crippen LogP) is 2.74. The van der Waals surface area contributed by atoms with Crippen LogP contribution in [0, 0.1) is 5.92 Å². The molecule has 0 spiro atoms. The molecule has 0 aromatic carbocycles. The zero-order valence-corrected chi connectivity index (χ0v) is 12.8. The summed E-state index contributed by atoms with van der Waals surface area (Å²) >= 11 is 1.16. The predicted molar refractivity (Wildman–Crippen MR) is 76.0 cm³/mol. The van der Waals surface area contributed by atoms with Crippen molar-refractivity contribution >= 4 is 17.2 Å². The van der Waals surface area contributed by atoms with Crippen LogP contribution < -0.4 is 5.32 Å². The van der Waals surface area contributed by atoms with Crippen LogP contribution in [-0.4, -0.2) is 36.6 Å². The maximum atomic E-state index is 13.7. The van der Waals surface area contributed by atoms with Crippen molar-refractivity contribution in [3.8, 4) is 0 Å². The van der Waals surface area contributed by atoms with Crippen molar-refractivity contribution in [3.05, 3.63) is 16.1 Å². The third-order valence-corrected chi connectivity index (χ3v) is 5.01. The molecule has 1 N–H and O–H groups in total. The number of nitrogens with one attached hydrogen (secondary N) is 1. The SMILES string of the molecule is O=C(NC[C@@H]1CCCCC1(F)F)c1cnc(C2OCCO2)s1. The van der Waals surface area contributed by atoms with Gasteiger partial charge in [0.05, 0.1) is 19.4 Å². The summed E-state index contributed by atoms with van der Waals surface area (Å²) in [5.41, 5.74) is 0. The Labute approximate surface area is 131 Å². The summed E-state index contributed by atoms with van der Waals surface area (Å²) in [7, 11) is 0. The summed E-state index contributed by atoms with van der Waals surface area (Å²) in [5, 5.41) is 3.17. The van der Waals surface area contributed by atoms with Gasteiger partial charge >= 0.3 is 0 Å². The lowest BCUT2D eigenvalue weighted by molar-refractivity contribution is -0.0835. The van der Waals surface area contributed by atoms with Gasteiger partial charge in [-0.1, -0.05) is 6.42 Å². The number of carbonyl (C=O) groups excluding carboxylic acids is 1. The molecule has 1 aliphatic heterocycles. The smallest absolute Gasteiger partial charge is 0.263 e. The van der Waals surface area contributed by atoms with Crippen LogP contribution in [0.25, 0.3) is 0 Å². The molecule has 0 radical (unpaired) electrons. The number of ether oxygens (including phenoxy) is 2. The number of alkyl halides is 2. The highest BCUT2D eigenvalue weighted by Gasteiger charge is 2.41. The van der Waals surface area contributed by atoms with E-state index in [9.17, 15) is 13.6 Å². The molecule has 2 fully saturated rings. The Hall–Kier alpha value is -1.12. The maximum absolute atomic E-state index is 13.7. The van der Waals surface area contributed by atoms with Gasteiger partial charge in [-0.3, -0.25) is 4.79 Å². The van der Waals surface area contributed by atoms with Crippen LogP contribution in [0.15, 0.2) is 6.20 Å². The van der Waals surface area contributed by atoms with Gasteiger partial charge in [0.2, 0.25) is 6.29 Å². The number of amides is 1. The van der Waals surface area contributed by atoms with E-state index in [1.807, 2.05) is 0 Å². The molecule has 1 amide bonds. The molecule has 0 unspecified atom stereocenters. The van der Waals surface area contributed by atoms with Crippen molar-refractivity contribution in [1.29, 1.82) is 0 Å². The van der Waals surface area contributed by atoms with Crippen LogP contribution in [0.4, 0.5) is 8.78 Å². The molecule has 5 nitrogen and oxygen atoms in total. The first-order valence-electron chi connectivity index (χ1n) is 7.41. The van der Waals surface area contributed by atoms with Crippen molar-refractivity contribution in [1.82, 2.24) is 10.3 Å². The van der Waals surface area contributed by atoms with Crippen LogP contribution in [0.2, 0.25) is 0 Å². The van der Waals surface area contributed by atoms with E-state index in [1.54, 1.807) is 0 Å². The van der Waals surface area contributed by atoms with Crippen molar-refractivity contribution in [3.63, 3.8) is 0 Å². The minimum absolute atomic E-state index is 0.00447. The second-order valence-corrected chi connectivity index (χ2v) is 6.61. The lowest BCUT2D eigenvalue weighted by Gasteiger charge is -2.31. The number of hydrogen-bond acceptors (Lipinski definition) is 5. The number of aromatic nitrogens is 1. The lowest BCUT2D eigenvalue weighted by Crippen LogP contribution is -2.40. The van der Waals surface area contributed by atoms with Crippen molar-refractivity contribution in [2.75, 3.05) is 19.8 Å². The Morgan fingerprint density at radius 3 is 2.91 bits per heavy atom. The summed E-state index contributed by atoms with van der Waals surface area (Å²) in [6, 6.07) is 0. The third-order valence-electron chi connectivity index (χ3n) is 3.99. The average Bonchev–Trinajstić information content (AvgIpc) is 3.16. The molecule has 1 saturated carbocycles. The molecule has 1 atom stereocenters. The standard InChI is InChI=1S/C14H18F2N2O3S/c15-14(16)4-2-1-3-9(14)7-17-11(19)10-8-18-12(22-10)13-20-5-6-21-13/h8-9,13H,1-7H2,(H,17,19)/t9-/m0/s1. The van der Waals surface area contributed by atoms with E-state index in [0.29, 0.717) is 35.9 Å². The monoisotopic (exact) mass is 332 g/mol. The van der Waals surface area contributed by atoms with Gasteiger partial charge in [0.1, 0.15) is 9.88 Å². The number of nitrogens with zero attached hydrogens (tertiary/aromatic N) is 1. The first-order chi connectivity index (χ1) is 10.6. The van der Waals surface area contributed by atoms with Gasteiger partial charge in [-0.2, -0.15) is 0 Å². The van der Waals surface area contributed by atoms with E-state index in [4.69, 9.17) is 9.47 Å². The number of rotatable bonds is 4. The molecule has 8 heteroatoms. The van der Waals surface area contributed by atoms with Gasteiger partial charge in [0.25, 0.3) is 11.8 Å². The Kier molecular flexibility index (Phi) is 4.70. The molecule has 0 bridgehead atoms.